The van der Waals surface area contributed by atoms with Crippen molar-refractivity contribution in [2.24, 2.45) is 0 Å². The number of aromatic nitrogens is 4. The molecule has 0 aromatic carbocycles. The summed E-state index contributed by atoms with van der Waals surface area (Å²) in [4.78, 5) is 25.9. The molecule has 0 bridgehead atoms. The number of nitrogens with zero attached hydrogens (tertiary/aromatic N) is 4. The van der Waals surface area contributed by atoms with Crippen molar-refractivity contribution in [2.45, 2.75) is 31.6 Å². The second-order valence-corrected chi connectivity index (χ2v) is 6.71. The topological polar surface area (TPSA) is 120 Å². The standard InChI is InChI=1S/C17H17F3N6O3/c18-17(19,20)5-9(7-27)24-16(28)13-11-6-26(4-2-12(11)29-25-13)15-10-1-3-21-14(10)22-8-23-15/h1,3,8-9,27H,2,4-7H2,(H,24,28)(H,21,22,23). The molecule has 4 rings (SSSR count). The van der Waals surface area contributed by atoms with E-state index < -0.39 is 31.2 Å². The van der Waals surface area contributed by atoms with Gasteiger partial charge in [0.25, 0.3) is 5.91 Å². The van der Waals surface area contributed by atoms with Crippen LogP contribution >= 0.6 is 0 Å². The highest BCUT2D eigenvalue weighted by molar-refractivity contribution is 5.94. The van der Waals surface area contributed by atoms with Crippen LogP contribution in [0, 0.1) is 0 Å². The predicted octanol–water partition coefficient (Wildman–Crippen LogP) is 1.55. The normalized spacial score (nSPS) is 15.4. The van der Waals surface area contributed by atoms with Crippen molar-refractivity contribution < 1.29 is 27.6 Å². The third kappa shape index (κ3) is 3.88. The number of amides is 1. The SMILES string of the molecule is O=C(NC(CO)CC(F)(F)F)c1noc2c1CN(c1ncnc3[nH]ccc13)CC2. The molecule has 29 heavy (non-hydrogen) atoms. The molecule has 0 spiro atoms. The fraction of sp³-hybridized carbons (Fsp3) is 0.412. The van der Waals surface area contributed by atoms with Crippen LogP contribution in [-0.4, -0.2) is 56.5 Å². The van der Waals surface area contributed by atoms with E-state index in [1.165, 1.54) is 6.33 Å². The number of hydrogen-bond acceptors (Lipinski definition) is 7. The minimum atomic E-state index is -4.52. The lowest BCUT2D eigenvalue weighted by molar-refractivity contribution is -0.141. The van der Waals surface area contributed by atoms with Gasteiger partial charge in [0.2, 0.25) is 0 Å². The van der Waals surface area contributed by atoms with Gasteiger partial charge in [-0.3, -0.25) is 4.79 Å². The minimum absolute atomic E-state index is 0.0929. The van der Waals surface area contributed by atoms with Crippen molar-refractivity contribution in [3.8, 4) is 0 Å². The van der Waals surface area contributed by atoms with Crippen LogP contribution in [0.15, 0.2) is 23.1 Å². The van der Waals surface area contributed by atoms with E-state index in [2.05, 4.69) is 25.4 Å². The maximum absolute atomic E-state index is 12.6. The lowest BCUT2D eigenvalue weighted by Crippen LogP contribution is -2.41. The van der Waals surface area contributed by atoms with Crippen molar-refractivity contribution in [3.05, 3.63) is 35.6 Å². The van der Waals surface area contributed by atoms with Crippen LogP contribution in [0.3, 0.4) is 0 Å². The molecule has 1 aliphatic heterocycles. The second-order valence-electron chi connectivity index (χ2n) is 6.71. The second kappa shape index (κ2) is 7.35. The number of hydrogen-bond donors (Lipinski definition) is 3. The summed E-state index contributed by atoms with van der Waals surface area (Å²) in [5.41, 5.74) is 1.06. The summed E-state index contributed by atoms with van der Waals surface area (Å²) in [6, 6.07) is 0.376. The number of H-pyrrole nitrogens is 1. The molecule has 154 valence electrons. The third-order valence-electron chi connectivity index (χ3n) is 4.71. The molecule has 1 aliphatic rings. The van der Waals surface area contributed by atoms with E-state index in [0.29, 0.717) is 35.8 Å². The molecular formula is C17H17F3N6O3. The molecule has 3 aromatic heterocycles. The average molecular weight is 410 g/mol. The number of carbonyl (C=O) groups is 1. The van der Waals surface area contributed by atoms with Crippen LogP contribution in [0.5, 0.6) is 0 Å². The fourth-order valence-corrected chi connectivity index (χ4v) is 3.37. The van der Waals surface area contributed by atoms with Gasteiger partial charge in [-0.15, -0.1) is 0 Å². The summed E-state index contributed by atoms with van der Waals surface area (Å²) in [7, 11) is 0. The molecule has 9 nitrogen and oxygen atoms in total. The lowest BCUT2D eigenvalue weighted by atomic mass is 10.0. The fourth-order valence-electron chi connectivity index (χ4n) is 3.37. The van der Waals surface area contributed by atoms with E-state index >= 15 is 0 Å². The summed E-state index contributed by atoms with van der Waals surface area (Å²) < 4.78 is 43.0. The van der Waals surface area contributed by atoms with Gasteiger partial charge in [-0.05, 0) is 6.07 Å². The zero-order chi connectivity index (χ0) is 20.6. The van der Waals surface area contributed by atoms with Crippen molar-refractivity contribution in [1.82, 2.24) is 25.4 Å². The molecule has 4 heterocycles. The van der Waals surface area contributed by atoms with Crippen molar-refractivity contribution in [1.29, 1.82) is 0 Å². The van der Waals surface area contributed by atoms with E-state index in [4.69, 9.17) is 9.63 Å². The first-order valence-corrected chi connectivity index (χ1v) is 8.84. The Morgan fingerprint density at radius 1 is 1.41 bits per heavy atom. The molecule has 0 radical (unpaired) electrons. The molecule has 3 N–H and O–H groups in total. The quantitative estimate of drug-likeness (QED) is 0.584. The van der Waals surface area contributed by atoms with E-state index in [9.17, 15) is 18.0 Å². The number of carbonyl (C=O) groups excluding carboxylic acids is 1. The Morgan fingerprint density at radius 2 is 2.24 bits per heavy atom. The largest absolute Gasteiger partial charge is 0.394 e. The zero-order valence-electron chi connectivity index (χ0n) is 15.0. The Kier molecular flexibility index (Phi) is 4.86. The molecule has 0 aliphatic carbocycles. The van der Waals surface area contributed by atoms with Crippen molar-refractivity contribution >= 4 is 22.8 Å². The van der Waals surface area contributed by atoms with Gasteiger partial charge >= 0.3 is 6.18 Å². The van der Waals surface area contributed by atoms with Gasteiger partial charge in [-0.1, -0.05) is 5.16 Å². The van der Waals surface area contributed by atoms with Gasteiger partial charge in [0, 0.05) is 24.7 Å². The van der Waals surface area contributed by atoms with Gasteiger partial charge in [0.15, 0.2) is 5.69 Å². The highest BCUT2D eigenvalue weighted by Gasteiger charge is 2.34. The number of aromatic amines is 1. The molecule has 1 amide bonds. The van der Waals surface area contributed by atoms with Gasteiger partial charge in [0.05, 0.1) is 31.0 Å². The van der Waals surface area contributed by atoms with Gasteiger partial charge < -0.3 is 24.8 Å². The highest BCUT2D eigenvalue weighted by Crippen LogP contribution is 2.29. The van der Waals surface area contributed by atoms with Gasteiger partial charge in [0.1, 0.15) is 23.6 Å². The van der Waals surface area contributed by atoms with E-state index in [1.54, 1.807) is 6.20 Å². The maximum atomic E-state index is 12.6. The van der Waals surface area contributed by atoms with E-state index in [1.807, 2.05) is 11.0 Å². The summed E-state index contributed by atoms with van der Waals surface area (Å²) in [6.07, 6.45) is -2.24. The third-order valence-corrected chi connectivity index (χ3v) is 4.71. The number of halogens is 3. The number of rotatable bonds is 5. The number of fused-ring (bicyclic) bond motifs is 2. The number of aliphatic hydroxyl groups is 1. The molecule has 1 unspecified atom stereocenters. The number of aliphatic hydroxyl groups excluding tert-OH is 1. The Balaban J connectivity index is 1.56. The lowest BCUT2D eigenvalue weighted by Gasteiger charge is -2.27. The Morgan fingerprint density at radius 3 is 3.00 bits per heavy atom. The van der Waals surface area contributed by atoms with Crippen LogP contribution in [0.4, 0.5) is 19.0 Å². The maximum Gasteiger partial charge on any atom is 0.391 e. The number of alkyl halides is 3. The molecule has 0 fully saturated rings. The van der Waals surface area contributed by atoms with Crippen LogP contribution in [0.2, 0.25) is 0 Å². The van der Waals surface area contributed by atoms with Crippen LogP contribution in [-0.2, 0) is 13.0 Å². The number of anilines is 1. The van der Waals surface area contributed by atoms with Crippen LogP contribution < -0.4 is 10.2 Å². The highest BCUT2D eigenvalue weighted by atomic mass is 19.4. The van der Waals surface area contributed by atoms with Crippen molar-refractivity contribution in [2.75, 3.05) is 18.1 Å². The summed E-state index contributed by atoms with van der Waals surface area (Å²) in [5.74, 6) is 0.344. The smallest absolute Gasteiger partial charge is 0.391 e. The molecule has 1 atom stereocenters. The first-order chi connectivity index (χ1) is 13.9. The molecular weight excluding hydrogens is 393 g/mol. The van der Waals surface area contributed by atoms with E-state index in [0.717, 1.165) is 5.39 Å². The zero-order valence-corrected chi connectivity index (χ0v) is 15.0. The van der Waals surface area contributed by atoms with Gasteiger partial charge in [-0.2, -0.15) is 13.2 Å². The monoisotopic (exact) mass is 410 g/mol. The first-order valence-electron chi connectivity index (χ1n) is 8.84. The van der Waals surface area contributed by atoms with E-state index in [-0.39, 0.29) is 12.2 Å². The molecule has 12 heteroatoms. The Labute approximate surface area is 161 Å². The molecule has 0 saturated carbocycles. The van der Waals surface area contributed by atoms with Crippen molar-refractivity contribution in [3.63, 3.8) is 0 Å². The summed E-state index contributed by atoms with van der Waals surface area (Å²) in [6.45, 7) is -0.0281. The Bertz CT molecular complexity index is 1030. The average Bonchev–Trinajstić information content (AvgIpc) is 3.32. The number of nitrogens with one attached hydrogen (secondary N) is 2. The molecule has 0 saturated heterocycles. The minimum Gasteiger partial charge on any atom is -0.394 e. The predicted molar refractivity (Wildman–Crippen MR) is 94.2 cm³/mol. The van der Waals surface area contributed by atoms with Gasteiger partial charge in [-0.25, -0.2) is 9.97 Å². The molecule has 3 aromatic rings. The first kappa shape index (κ1) is 19.2. The summed E-state index contributed by atoms with van der Waals surface area (Å²) in [5, 5.41) is 15.9. The van der Waals surface area contributed by atoms with Crippen LogP contribution in [0.1, 0.15) is 28.2 Å². The van der Waals surface area contributed by atoms with Crippen LogP contribution in [0.25, 0.3) is 11.0 Å². The Hall–Kier alpha value is -3.15. The summed E-state index contributed by atoms with van der Waals surface area (Å²) >= 11 is 0.